The zero-order valence-corrected chi connectivity index (χ0v) is 20.8. The second kappa shape index (κ2) is 9.64. The van der Waals surface area contributed by atoms with Gasteiger partial charge >= 0.3 is 21.7 Å². The molecule has 2 aliphatic rings. The van der Waals surface area contributed by atoms with E-state index >= 15 is 0 Å². The molecule has 0 saturated carbocycles. The third-order valence-electron chi connectivity index (χ3n) is 5.91. The molecule has 2 unspecified atom stereocenters. The Morgan fingerprint density at radius 2 is 1.69 bits per heavy atom. The Morgan fingerprint density at radius 3 is 2.45 bits per heavy atom. The Morgan fingerprint density at radius 1 is 0.966 bits per heavy atom. The fourth-order valence-electron chi connectivity index (χ4n) is 4.42. The van der Waals surface area contributed by atoms with E-state index in [0.29, 0.717) is 12.0 Å². The van der Waals surface area contributed by atoms with Crippen LogP contribution in [0.3, 0.4) is 0 Å². The zero-order valence-electron chi connectivity index (χ0n) is 18.5. The predicted molar refractivity (Wildman–Crippen MR) is 128 cm³/mol. The van der Waals surface area contributed by atoms with Crippen LogP contribution in [0.25, 0.3) is 26.5 Å². The van der Waals surface area contributed by atoms with Crippen molar-refractivity contribution in [2.24, 2.45) is 5.92 Å². The molecule has 3 aromatic rings. The molecule has 0 bridgehead atoms. The average molecular weight is 437 g/mol. The first-order chi connectivity index (χ1) is 12.1. The molecule has 2 atom stereocenters. The minimum Gasteiger partial charge on any atom is -0.681 e. The fraction of sp³-hybridized carbons (Fsp3) is 0.269. The third kappa shape index (κ3) is 3.88. The van der Waals surface area contributed by atoms with Gasteiger partial charge in [-0.05, 0) is 30.5 Å². The van der Waals surface area contributed by atoms with E-state index in [9.17, 15) is 0 Å². The van der Waals surface area contributed by atoms with Crippen molar-refractivity contribution in [3.63, 3.8) is 0 Å². The van der Waals surface area contributed by atoms with Gasteiger partial charge in [0, 0.05) is 25.8 Å². The van der Waals surface area contributed by atoms with Gasteiger partial charge in [-0.15, -0.1) is 23.1 Å². The van der Waals surface area contributed by atoms with Crippen LogP contribution in [0.15, 0.2) is 42.5 Å². The Kier molecular flexibility index (Phi) is 8.54. The largest absolute Gasteiger partial charge is 4.00 e. The summed E-state index contributed by atoms with van der Waals surface area (Å²) in [5.41, 5.74) is 7.03. The van der Waals surface area contributed by atoms with Crippen molar-refractivity contribution in [3.05, 3.63) is 90.9 Å². The van der Waals surface area contributed by atoms with E-state index in [2.05, 4.69) is 63.2 Å². The molecule has 0 amide bonds. The molecule has 29 heavy (non-hydrogen) atoms. The summed E-state index contributed by atoms with van der Waals surface area (Å²) in [7, 11) is 0. The Bertz CT molecular complexity index is 1130. The van der Waals surface area contributed by atoms with E-state index in [1.54, 1.807) is 0 Å². The maximum Gasteiger partial charge on any atom is 4.00 e. The van der Waals surface area contributed by atoms with Crippen LogP contribution in [-0.2, 0) is 28.1 Å². The first-order valence-corrected chi connectivity index (χ1v) is 10.0. The summed E-state index contributed by atoms with van der Waals surface area (Å²) in [6.07, 6.45) is 2.32. The van der Waals surface area contributed by atoms with Crippen molar-refractivity contribution in [1.29, 1.82) is 0 Å². The van der Waals surface area contributed by atoms with E-state index in [0.717, 1.165) is 6.42 Å². The second-order valence-corrected chi connectivity index (χ2v) is 8.50. The molecule has 2 heterocycles. The van der Waals surface area contributed by atoms with Gasteiger partial charge in [0.1, 0.15) is 0 Å². The maximum absolute atomic E-state index is 5.05. The van der Waals surface area contributed by atoms with Crippen molar-refractivity contribution in [2.75, 3.05) is 0 Å². The fourth-order valence-corrected chi connectivity index (χ4v) is 5.84. The smallest absolute Gasteiger partial charge is 0.681 e. The molecule has 1 nitrogen and oxygen atoms in total. The van der Waals surface area contributed by atoms with Gasteiger partial charge in [-0.25, -0.2) is 0 Å². The second-order valence-electron chi connectivity index (χ2n) is 7.45. The van der Waals surface area contributed by atoms with Crippen molar-refractivity contribution in [1.82, 2.24) is 0 Å². The van der Waals surface area contributed by atoms with Crippen molar-refractivity contribution in [2.45, 2.75) is 39.7 Å². The number of hydrogen-bond donors (Lipinski definition) is 0. The minimum atomic E-state index is 0. The number of aryl methyl sites for hydroxylation is 1. The molecular weight excluding hydrogens is 406 g/mol. The normalized spacial score (nSPS) is 19.0. The van der Waals surface area contributed by atoms with Gasteiger partial charge in [0.05, 0.1) is 0 Å². The third-order valence-corrected chi connectivity index (χ3v) is 7.11. The molecular formula is C26H31NSTi. The molecule has 1 aliphatic heterocycles. The van der Waals surface area contributed by atoms with Crippen molar-refractivity contribution < 1.29 is 21.7 Å². The topological polar surface area (TPSA) is 14.1 Å². The van der Waals surface area contributed by atoms with Crippen LogP contribution < -0.4 is 9.75 Å². The number of nitrogens with zero attached hydrogens (tertiary/aromatic N) is 1. The van der Waals surface area contributed by atoms with Crippen LogP contribution in [0.5, 0.6) is 0 Å². The molecule has 2 aromatic carbocycles. The van der Waals surface area contributed by atoms with Crippen LogP contribution in [-0.4, -0.2) is 6.04 Å². The molecule has 1 aromatic heterocycles. The average Bonchev–Trinajstić information content (AvgIpc) is 3.10. The summed E-state index contributed by atoms with van der Waals surface area (Å²) >= 11 is 1.95. The SMILES string of the molecule is CC1=c2c(sc3ccccc23)=C(c2cccc3c2[N-]C(C)CC3)C1C.[CH3-].[CH3-].[CH3-].[Ti+4]. The van der Waals surface area contributed by atoms with Gasteiger partial charge in [0.25, 0.3) is 0 Å². The number of para-hydroxylation sites is 1. The maximum atomic E-state index is 5.05. The Balaban J connectivity index is 0.00000105. The van der Waals surface area contributed by atoms with E-state index in [1.165, 1.54) is 54.2 Å². The molecule has 0 saturated heterocycles. The predicted octanol–water partition coefficient (Wildman–Crippen LogP) is 6.61. The summed E-state index contributed by atoms with van der Waals surface area (Å²) in [5, 5.41) is 7.94. The summed E-state index contributed by atoms with van der Waals surface area (Å²) in [4.78, 5) is 0. The van der Waals surface area contributed by atoms with Gasteiger partial charge < -0.3 is 27.6 Å². The van der Waals surface area contributed by atoms with E-state index < -0.39 is 0 Å². The van der Waals surface area contributed by atoms with Gasteiger partial charge in [0.2, 0.25) is 0 Å². The standard InChI is InChI=1S/C23H22NS.3CH3.Ti/c1-13-11-12-16-7-6-9-18(22(16)24-13)21-15(3)14(2)20-17-8-4-5-10-19(17)25-23(20)21;;;;/h4-10,13,15H,11-12H2,1-3H3;3*1H3;/q4*-1;+4. The van der Waals surface area contributed by atoms with Gasteiger partial charge in [-0.2, -0.15) is 0 Å². The van der Waals surface area contributed by atoms with Crippen LogP contribution in [0.1, 0.15) is 38.3 Å². The Hall–Kier alpha value is -1.35. The number of benzene rings is 2. The first-order valence-electron chi connectivity index (χ1n) is 9.21. The van der Waals surface area contributed by atoms with E-state index in [4.69, 9.17) is 5.32 Å². The number of hydrogen-bond acceptors (Lipinski definition) is 1. The number of fused-ring (bicyclic) bond motifs is 4. The molecule has 150 valence electrons. The monoisotopic (exact) mass is 437 g/mol. The summed E-state index contributed by atoms with van der Waals surface area (Å²) in [6, 6.07) is 16.0. The quantitative estimate of drug-likeness (QED) is 0.301. The van der Waals surface area contributed by atoms with E-state index in [1.807, 2.05) is 11.3 Å². The molecule has 5 rings (SSSR count). The van der Waals surface area contributed by atoms with Crippen molar-refractivity contribution >= 4 is 38.3 Å². The van der Waals surface area contributed by atoms with Crippen LogP contribution in [0.4, 0.5) is 5.69 Å². The van der Waals surface area contributed by atoms with Crippen LogP contribution in [0.2, 0.25) is 0 Å². The van der Waals surface area contributed by atoms with Gasteiger partial charge in [-0.3, -0.25) is 0 Å². The molecule has 0 spiro atoms. The minimum absolute atomic E-state index is 0. The number of thiophene rings is 1. The first kappa shape index (κ1) is 25.7. The summed E-state index contributed by atoms with van der Waals surface area (Å²) in [6.45, 7) is 6.91. The molecule has 1 aliphatic carbocycles. The van der Waals surface area contributed by atoms with Crippen LogP contribution >= 0.6 is 11.3 Å². The van der Waals surface area contributed by atoms with Gasteiger partial charge in [-0.1, -0.05) is 67.8 Å². The molecule has 0 radical (unpaired) electrons. The van der Waals surface area contributed by atoms with Crippen molar-refractivity contribution in [3.8, 4) is 0 Å². The van der Waals surface area contributed by atoms with Gasteiger partial charge in [0.15, 0.2) is 0 Å². The summed E-state index contributed by atoms with van der Waals surface area (Å²) in [5.74, 6) is 0.463. The Labute approximate surface area is 195 Å². The van der Waals surface area contributed by atoms with Crippen LogP contribution in [0, 0.1) is 28.2 Å². The van der Waals surface area contributed by atoms with E-state index in [-0.39, 0.29) is 44.0 Å². The number of rotatable bonds is 1. The molecule has 3 heteroatoms. The summed E-state index contributed by atoms with van der Waals surface area (Å²) < 4.78 is 2.86. The zero-order chi connectivity index (χ0) is 17.1. The molecule has 0 fully saturated rings. The molecule has 0 N–H and O–H groups in total.